The molecule has 1 aromatic rings. The molecule has 0 spiro atoms. The van der Waals surface area contributed by atoms with E-state index in [1.165, 1.54) is 19.2 Å². The number of benzene rings is 1. The van der Waals surface area contributed by atoms with Crippen molar-refractivity contribution in [1.29, 1.82) is 0 Å². The molecule has 16 heavy (non-hydrogen) atoms. The number of carbonyl (C=O) groups excluding carboxylic acids is 1. The van der Waals surface area contributed by atoms with Gasteiger partial charge in [-0.3, -0.25) is 4.79 Å². The zero-order chi connectivity index (χ0) is 12.1. The van der Waals surface area contributed by atoms with Gasteiger partial charge in [-0.25, -0.2) is 0 Å². The fourth-order valence-electron chi connectivity index (χ4n) is 1.09. The molecule has 0 saturated heterocycles. The van der Waals surface area contributed by atoms with E-state index in [0.717, 1.165) is 0 Å². The van der Waals surface area contributed by atoms with Crippen LogP contribution in [0.15, 0.2) is 18.2 Å². The minimum absolute atomic E-state index is 0.0969. The van der Waals surface area contributed by atoms with Gasteiger partial charge in [0.1, 0.15) is 11.5 Å². The molecule has 1 amide bonds. The maximum absolute atomic E-state index is 11.5. The van der Waals surface area contributed by atoms with E-state index in [0.29, 0.717) is 5.75 Å². The molecule has 0 unspecified atom stereocenters. The summed E-state index contributed by atoms with van der Waals surface area (Å²) < 4.78 is 4.90. The second-order valence-corrected chi connectivity index (χ2v) is 3.56. The molecule has 0 atom stereocenters. The summed E-state index contributed by atoms with van der Waals surface area (Å²) in [5, 5.41) is 12.0. The van der Waals surface area contributed by atoms with E-state index in [1.54, 1.807) is 6.07 Å². The predicted molar refractivity (Wildman–Crippen MR) is 63.8 cm³/mol. The van der Waals surface area contributed by atoms with Crippen LogP contribution in [0.3, 0.4) is 0 Å². The Morgan fingerprint density at radius 1 is 1.62 bits per heavy atom. The monoisotopic (exact) mass is 240 g/mol. The Kier molecular flexibility index (Phi) is 4.07. The number of nitrogens with two attached hydrogens (primary N) is 1. The van der Waals surface area contributed by atoms with E-state index in [1.807, 2.05) is 0 Å². The van der Waals surface area contributed by atoms with Gasteiger partial charge in [0.25, 0.3) is 5.91 Å². The Hall–Kier alpha value is -1.82. The van der Waals surface area contributed by atoms with Gasteiger partial charge in [-0.15, -0.1) is 0 Å². The first-order valence-corrected chi connectivity index (χ1v) is 4.89. The van der Waals surface area contributed by atoms with Crippen molar-refractivity contribution in [2.24, 2.45) is 5.73 Å². The SMILES string of the molecule is COc1ccc(C(=O)NCC(N)=S)c(O)c1. The minimum atomic E-state index is -0.437. The molecule has 6 heteroatoms. The molecule has 5 nitrogen and oxygen atoms in total. The third-order valence-electron chi connectivity index (χ3n) is 1.87. The van der Waals surface area contributed by atoms with Crippen LogP contribution in [0.1, 0.15) is 10.4 Å². The molecular weight excluding hydrogens is 228 g/mol. The van der Waals surface area contributed by atoms with Gasteiger partial charge < -0.3 is 20.9 Å². The number of rotatable bonds is 4. The second-order valence-electron chi connectivity index (χ2n) is 3.03. The summed E-state index contributed by atoms with van der Waals surface area (Å²) in [4.78, 5) is 11.7. The highest BCUT2D eigenvalue weighted by molar-refractivity contribution is 7.80. The van der Waals surface area contributed by atoms with Gasteiger partial charge in [-0.2, -0.15) is 0 Å². The molecule has 0 aliphatic carbocycles. The van der Waals surface area contributed by atoms with E-state index >= 15 is 0 Å². The van der Waals surface area contributed by atoms with Gasteiger partial charge in [0.05, 0.1) is 24.2 Å². The van der Waals surface area contributed by atoms with Crippen LogP contribution in [-0.2, 0) is 0 Å². The summed E-state index contributed by atoms with van der Waals surface area (Å²) >= 11 is 4.62. The molecule has 0 bridgehead atoms. The highest BCUT2D eigenvalue weighted by Gasteiger charge is 2.11. The van der Waals surface area contributed by atoms with Crippen LogP contribution in [0, 0.1) is 0 Å². The van der Waals surface area contributed by atoms with Crippen molar-refractivity contribution in [3.63, 3.8) is 0 Å². The first-order chi connectivity index (χ1) is 7.54. The number of hydrogen-bond acceptors (Lipinski definition) is 4. The van der Waals surface area contributed by atoms with Crippen LogP contribution in [-0.4, -0.2) is 29.7 Å². The summed E-state index contributed by atoms with van der Waals surface area (Å²) in [6.45, 7) is 0.0969. The number of thiocarbonyl (C=S) groups is 1. The quantitative estimate of drug-likeness (QED) is 0.664. The zero-order valence-corrected chi connectivity index (χ0v) is 9.50. The number of nitrogens with one attached hydrogen (secondary N) is 1. The van der Waals surface area contributed by atoms with Crippen LogP contribution in [0.5, 0.6) is 11.5 Å². The molecule has 0 aromatic heterocycles. The average molecular weight is 240 g/mol. The Balaban J connectivity index is 2.79. The Bertz CT molecular complexity index is 421. The largest absolute Gasteiger partial charge is 0.507 e. The van der Waals surface area contributed by atoms with E-state index in [2.05, 4.69) is 17.5 Å². The van der Waals surface area contributed by atoms with E-state index in [4.69, 9.17) is 10.5 Å². The molecule has 1 aromatic carbocycles. The molecule has 86 valence electrons. The number of carbonyl (C=O) groups is 1. The summed E-state index contributed by atoms with van der Waals surface area (Å²) in [5.74, 6) is -0.115. The first-order valence-electron chi connectivity index (χ1n) is 4.48. The predicted octanol–water partition coefficient (Wildman–Crippen LogP) is 0.417. The lowest BCUT2D eigenvalue weighted by Gasteiger charge is -2.07. The number of methoxy groups -OCH3 is 1. The number of phenols is 1. The molecule has 0 aliphatic heterocycles. The van der Waals surface area contributed by atoms with Crippen molar-refractivity contribution in [3.05, 3.63) is 23.8 Å². The molecule has 0 heterocycles. The van der Waals surface area contributed by atoms with Crippen molar-refractivity contribution >= 4 is 23.1 Å². The molecular formula is C10H12N2O3S. The first kappa shape index (κ1) is 12.3. The van der Waals surface area contributed by atoms with Gasteiger partial charge >= 0.3 is 0 Å². The number of amides is 1. The molecule has 0 saturated carbocycles. The Morgan fingerprint density at radius 2 is 2.31 bits per heavy atom. The normalized spacial score (nSPS) is 9.56. The van der Waals surface area contributed by atoms with Crippen LogP contribution in [0.2, 0.25) is 0 Å². The fourth-order valence-corrected chi connectivity index (χ4v) is 1.17. The summed E-state index contributed by atoms with van der Waals surface area (Å²) in [7, 11) is 1.47. The standard InChI is InChI=1S/C10H12N2O3S/c1-15-6-2-3-7(8(13)4-6)10(14)12-5-9(11)16/h2-4,13H,5H2,1H3,(H2,11,16)(H,12,14). The molecule has 1 rings (SSSR count). The van der Waals surface area contributed by atoms with Crippen LogP contribution in [0.4, 0.5) is 0 Å². The minimum Gasteiger partial charge on any atom is -0.507 e. The van der Waals surface area contributed by atoms with E-state index in [-0.39, 0.29) is 22.8 Å². The summed E-state index contributed by atoms with van der Waals surface area (Å²) in [6.07, 6.45) is 0. The van der Waals surface area contributed by atoms with Crippen LogP contribution < -0.4 is 15.8 Å². The number of hydrogen-bond donors (Lipinski definition) is 3. The number of ether oxygens (including phenoxy) is 1. The highest BCUT2D eigenvalue weighted by atomic mass is 32.1. The van der Waals surface area contributed by atoms with Gasteiger partial charge in [0, 0.05) is 6.07 Å². The summed E-state index contributed by atoms with van der Waals surface area (Å²) in [5.41, 5.74) is 5.39. The molecule has 0 radical (unpaired) electrons. The topological polar surface area (TPSA) is 84.6 Å². The number of phenolic OH excluding ortho intramolecular Hbond substituents is 1. The molecule has 0 aliphatic rings. The van der Waals surface area contributed by atoms with Crippen molar-refractivity contribution in [1.82, 2.24) is 5.32 Å². The van der Waals surface area contributed by atoms with E-state index in [9.17, 15) is 9.90 Å². The third kappa shape index (κ3) is 3.09. The molecule has 4 N–H and O–H groups in total. The summed E-state index contributed by atoms with van der Waals surface area (Å²) in [6, 6.07) is 4.40. The van der Waals surface area contributed by atoms with Crippen molar-refractivity contribution < 1.29 is 14.6 Å². The lowest BCUT2D eigenvalue weighted by molar-refractivity contribution is 0.0956. The lowest BCUT2D eigenvalue weighted by Crippen LogP contribution is -2.32. The lowest BCUT2D eigenvalue weighted by atomic mass is 10.2. The van der Waals surface area contributed by atoms with Gasteiger partial charge in [-0.05, 0) is 12.1 Å². The zero-order valence-electron chi connectivity index (χ0n) is 8.69. The Morgan fingerprint density at radius 3 is 2.81 bits per heavy atom. The smallest absolute Gasteiger partial charge is 0.255 e. The maximum Gasteiger partial charge on any atom is 0.255 e. The average Bonchev–Trinajstić information content (AvgIpc) is 2.25. The van der Waals surface area contributed by atoms with Crippen molar-refractivity contribution in [3.8, 4) is 11.5 Å². The number of aromatic hydroxyl groups is 1. The van der Waals surface area contributed by atoms with Crippen molar-refractivity contribution in [2.75, 3.05) is 13.7 Å². The van der Waals surface area contributed by atoms with Gasteiger partial charge in [-0.1, -0.05) is 12.2 Å². The fraction of sp³-hybridized carbons (Fsp3) is 0.200. The molecule has 0 fully saturated rings. The Labute approximate surface area is 98.2 Å². The third-order valence-corrected chi connectivity index (χ3v) is 2.02. The maximum atomic E-state index is 11.5. The van der Waals surface area contributed by atoms with Gasteiger partial charge in [0.15, 0.2) is 0 Å². The second kappa shape index (κ2) is 5.32. The van der Waals surface area contributed by atoms with Crippen LogP contribution in [0.25, 0.3) is 0 Å². The highest BCUT2D eigenvalue weighted by Crippen LogP contribution is 2.22. The van der Waals surface area contributed by atoms with Gasteiger partial charge in [0.2, 0.25) is 0 Å². The van der Waals surface area contributed by atoms with Crippen molar-refractivity contribution in [2.45, 2.75) is 0 Å². The van der Waals surface area contributed by atoms with E-state index < -0.39 is 5.91 Å². The van der Waals surface area contributed by atoms with Crippen LogP contribution >= 0.6 is 12.2 Å².